The van der Waals surface area contributed by atoms with Crippen molar-refractivity contribution in [3.8, 4) is 0 Å². The Morgan fingerprint density at radius 3 is 2.48 bits per heavy atom. The van der Waals surface area contributed by atoms with Crippen molar-refractivity contribution in [2.75, 3.05) is 26.7 Å². The first-order valence-electron chi connectivity index (χ1n) is 7.49. The summed E-state index contributed by atoms with van der Waals surface area (Å²) in [4.78, 5) is 25.4. The second-order valence-electron chi connectivity index (χ2n) is 5.34. The Hall–Kier alpha value is -2.04. The van der Waals surface area contributed by atoms with E-state index in [1.165, 1.54) is 5.56 Å². The predicted molar refractivity (Wildman–Crippen MR) is 81.9 cm³/mol. The van der Waals surface area contributed by atoms with Gasteiger partial charge in [0, 0.05) is 32.6 Å². The van der Waals surface area contributed by atoms with Crippen LogP contribution in [0.1, 0.15) is 18.4 Å². The van der Waals surface area contributed by atoms with E-state index >= 15 is 0 Å². The van der Waals surface area contributed by atoms with E-state index in [4.69, 9.17) is 0 Å². The van der Waals surface area contributed by atoms with Crippen molar-refractivity contribution in [1.82, 2.24) is 15.5 Å². The molecule has 2 rings (SSSR count). The van der Waals surface area contributed by atoms with Gasteiger partial charge < -0.3 is 15.5 Å². The molecule has 1 fully saturated rings. The number of urea groups is 1. The zero-order chi connectivity index (χ0) is 15.1. The van der Waals surface area contributed by atoms with E-state index in [1.54, 1.807) is 11.9 Å². The lowest BCUT2D eigenvalue weighted by Crippen LogP contribution is -2.47. The fourth-order valence-electron chi connectivity index (χ4n) is 2.62. The number of hydrogen-bond donors (Lipinski definition) is 2. The first-order valence-corrected chi connectivity index (χ1v) is 7.49. The average molecular weight is 289 g/mol. The third kappa shape index (κ3) is 4.48. The molecule has 0 aliphatic carbocycles. The van der Waals surface area contributed by atoms with Crippen LogP contribution in [-0.4, -0.2) is 43.5 Å². The molecule has 1 aromatic rings. The van der Waals surface area contributed by atoms with Gasteiger partial charge in [-0.1, -0.05) is 30.3 Å². The molecule has 0 aromatic heterocycles. The molecule has 3 amide bonds. The highest BCUT2D eigenvalue weighted by atomic mass is 16.2. The number of nitrogens with one attached hydrogen (secondary N) is 2. The number of benzene rings is 1. The van der Waals surface area contributed by atoms with Crippen molar-refractivity contribution < 1.29 is 9.59 Å². The molecule has 0 radical (unpaired) electrons. The van der Waals surface area contributed by atoms with Crippen molar-refractivity contribution in [3.05, 3.63) is 35.9 Å². The molecule has 5 heteroatoms. The quantitative estimate of drug-likeness (QED) is 0.880. The lowest BCUT2D eigenvalue weighted by molar-refractivity contribution is -0.125. The minimum atomic E-state index is -0.0266. The van der Waals surface area contributed by atoms with Crippen LogP contribution in [0.3, 0.4) is 0 Å². The minimum Gasteiger partial charge on any atom is -0.359 e. The molecule has 1 aliphatic heterocycles. The summed E-state index contributed by atoms with van der Waals surface area (Å²) in [5, 5.41) is 5.62. The first kappa shape index (κ1) is 15.4. The van der Waals surface area contributed by atoms with E-state index in [0.29, 0.717) is 19.6 Å². The first-order chi connectivity index (χ1) is 10.2. The van der Waals surface area contributed by atoms with Crippen LogP contribution < -0.4 is 10.6 Å². The van der Waals surface area contributed by atoms with Crippen molar-refractivity contribution in [2.45, 2.75) is 19.3 Å². The molecule has 1 aromatic carbocycles. The van der Waals surface area contributed by atoms with E-state index < -0.39 is 0 Å². The lowest BCUT2D eigenvalue weighted by atomic mass is 9.96. The number of rotatable bonds is 4. The Bertz CT molecular complexity index is 468. The van der Waals surface area contributed by atoms with Crippen molar-refractivity contribution in [1.29, 1.82) is 0 Å². The summed E-state index contributed by atoms with van der Waals surface area (Å²) in [6.07, 6.45) is 2.32. The molecule has 5 nitrogen and oxygen atoms in total. The van der Waals surface area contributed by atoms with E-state index in [1.807, 2.05) is 18.2 Å². The van der Waals surface area contributed by atoms with Gasteiger partial charge >= 0.3 is 6.03 Å². The molecule has 0 unspecified atom stereocenters. The topological polar surface area (TPSA) is 61.4 Å². The van der Waals surface area contributed by atoms with Gasteiger partial charge in [0.05, 0.1) is 0 Å². The van der Waals surface area contributed by atoms with Gasteiger partial charge in [0.2, 0.25) is 5.91 Å². The number of amides is 3. The average Bonchev–Trinajstić information content (AvgIpc) is 2.55. The van der Waals surface area contributed by atoms with Crippen LogP contribution >= 0.6 is 0 Å². The highest BCUT2D eigenvalue weighted by molar-refractivity contribution is 5.79. The van der Waals surface area contributed by atoms with Gasteiger partial charge in [-0.2, -0.15) is 0 Å². The van der Waals surface area contributed by atoms with E-state index in [9.17, 15) is 9.59 Å². The number of piperidine rings is 1. The normalized spacial score (nSPS) is 15.6. The Labute approximate surface area is 125 Å². The molecule has 1 aliphatic rings. The molecule has 0 atom stereocenters. The van der Waals surface area contributed by atoms with Crippen LogP contribution in [0, 0.1) is 5.92 Å². The molecular weight excluding hydrogens is 266 g/mol. The molecule has 0 saturated carbocycles. The number of carbonyl (C=O) groups is 2. The Kier molecular flexibility index (Phi) is 5.60. The van der Waals surface area contributed by atoms with Gasteiger partial charge in [0.25, 0.3) is 0 Å². The zero-order valence-corrected chi connectivity index (χ0v) is 12.5. The smallest absolute Gasteiger partial charge is 0.317 e. The second kappa shape index (κ2) is 7.67. The molecular formula is C16H23N3O2. The van der Waals surface area contributed by atoms with E-state index in [2.05, 4.69) is 22.8 Å². The maximum atomic E-state index is 12.0. The van der Waals surface area contributed by atoms with Gasteiger partial charge in [0.15, 0.2) is 0 Å². The van der Waals surface area contributed by atoms with Gasteiger partial charge in [-0.15, -0.1) is 0 Å². The molecule has 1 heterocycles. The summed E-state index contributed by atoms with van der Waals surface area (Å²) in [7, 11) is 1.66. The third-order valence-corrected chi connectivity index (χ3v) is 3.93. The van der Waals surface area contributed by atoms with E-state index in [0.717, 1.165) is 19.3 Å². The number of nitrogens with zero attached hydrogens (tertiary/aromatic N) is 1. The largest absolute Gasteiger partial charge is 0.359 e. The van der Waals surface area contributed by atoms with Crippen LogP contribution in [0.25, 0.3) is 0 Å². The van der Waals surface area contributed by atoms with Crippen LogP contribution in [0.15, 0.2) is 30.3 Å². The molecule has 21 heavy (non-hydrogen) atoms. The summed E-state index contributed by atoms with van der Waals surface area (Å²) < 4.78 is 0. The lowest BCUT2D eigenvalue weighted by Gasteiger charge is -2.31. The van der Waals surface area contributed by atoms with Gasteiger partial charge in [0.1, 0.15) is 0 Å². The molecule has 0 bridgehead atoms. The summed E-state index contributed by atoms with van der Waals surface area (Å²) in [6, 6.07) is 10.1. The standard InChI is InChI=1S/C16H23N3O2/c1-17-15(20)14-8-11-19(12-9-14)16(21)18-10-7-13-5-3-2-4-6-13/h2-6,14H,7-12H2,1H3,(H,17,20)(H,18,21). The summed E-state index contributed by atoms with van der Waals surface area (Å²) in [5.41, 5.74) is 1.22. The zero-order valence-electron chi connectivity index (χ0n) is 12.5. The highest BCUT2D eigenvalue weighted by Gasteiger charge is 2.26. The summed E-state index contributed by atoms with van der Waals surface area (Å²) >= 11 is 0. The van der Waals surface area contributed by atoms with Crippen LogP contribution in [0.2, 0.25) is 0 Å². The fourth-order valence-corrected chi connectivity index (χ4v) is 2.62. The van der Waals surface area contributed by atoms with Crippen LogP contribution in [0.4, 0.5) is 4.79 Å². The third-order valence-electron chi connectivity index (χ3n) is 3.93. The Balaban J connectivity index is 1.69. The maximum Gasteiger partial charge on any atom is 0.317 e. The van der Waals surface area contributed by atoms with Gasteiger partial charge in [-0.05, 0) is 24.8 Å². The van der Waals surface area contributed by atoms with Crippen LogP contribution in [0.5, 0.6) is 0 Å². The number of likely N-dealkylation sites (tertiary alicyclic amines) is 1. The molecule has 114 valence electrons. The summed E-state index contributed by atoms with van der Waals surface area (Å²) in [5.74, 6) is 0.127. The molecule has 0 spiro atoms. The minimum absolute atomic E-state index is 0.0266. The van der Waals surface area contributed by atoms with Gasteiger partial charge in [-0.3, -0.25) is 4.79 Å². The van der Waals surface area contributed by atoms with Crippen molar-refractivity contribution in [2.24, 2.45) is 5.92 Å². The van der Waals surface area contributed by atoms with Crippen molar-refractivity contribution >= 4 is 11.9 Å². The maximum absolute atomic E-state index is 12.0. The van der Waals surface area contributed by atoms with Crippen molar-refractivity contribution in [3.63, 3.8) is 0 Å². The SMILES string of the molecule is CNC(=O)C1CCN(C(=O)NCCc2ccccc2)CC1. The van der Waals surface area contributed by atoms with Gasteiger partial charge in [-0.25, -0.2) is 4.79 Å². The monoisotopic (exact) mass is 289 g/mol. The Morgan fingerprint density at radius 2 is 1.86 bits per heavy atom. The predicted octanol–water partition coefficient (Wildman–Crippen LogP) is 1.40. The summed E-state index contributed by atoms with van der Waals surface area (Å²) in [6.45, 7) is 1.93. The second-order valence-corrected chi connectivity index (χ2v) is 5.34. The number of carbonyl (C=O) groups excluding carboxylic acids is 2. The van der Waals surface area contributed by atoms with E-state index in [-0.39, 0.29) is 17.9 Å². The molecule has 1 saturated heterocycles. The Morgan fingerprint density at radius 1 is 1.19 bits per heavy atom. The number of hydrogen-bond acceptors (Lipinski definition) is 2. The highest BCUT2D eigenvalue weighted by Crippen LogP contribution is 2.17. The fraction of sp³-hybridized carbons (Fsp3) is 0.500. The molecule has 2 N–H and O–H groups in total. The van der Waals surface area contributed by atoms with Crippen LogP contribution in [-0.2, 0) is 11.2 Å².